The summed E-state index contributed by atoms with van der Waals surface area (Å²) in [5.74, 6) is 0.299. The summed E-state index contributed by atoms with van der Waals surface area (Å²) >= 11 is 1.35. The molecule has 5 aromatic rings. The standard InChI is InChI=1S/C32H29F4N3O3S.CO2/c1-3-40-15-16-41-17-18-42-27-13-9-23(10-14-27)30-29(22-7-11-25(12-8-22)32(34,35)36)37-31(43-30)39-20-28(21(2)38-39)24-5-4-6-26(33)19-24;2-1-3/h4-14,19-20H,3,15-18H2,1-2H3;. The maximum absolute atomic E-state index is 13.9. The summed E-state index contributed by atoms with van der Waals surface area (Å²) in [6.07, 6.45) is -2.42. The molecule has 0 aliphatic rings. The number of rotatable bonds is 12. The molecule has 0 aliphatic carbocycles. The van der Waals surface area contributed by atoms with Crippen molar-refractivity contribution in [1.29, 1.82) is 0 Å². The van der Waals surface area contributed by atoms with Crippen LogP contribution in [0.4, 0.5) is 17.6 Å². The third-order valence-corrected chi connectivity index (χ3v) is 7.62. The molecule has 13 heteroatoms. The quantitative estimate of drug-likeness (QED) is 0.101. The molecule has 0 radical (unpaired) electrons. The number of carbonyl (C=O) groups excluding carboxylic acids is 2. The van der Waals surface area contributed by atoms with Gasteiger partial charge in [0.15, 0.2) is 0 Å². The van der Waals surface area contributed by atoms with Gasteiger partial charge < -0.3 is 14.2 Å². The first-order valence-electron chi connectivity index (χ1n) is 14.0. The summed E-state index contributed by atoms with van der Waals surface area (Å²) in [7, 11) is 0. The Morgan fingerprint density at radius 1 is 0.870 bits per heavy atom. The number of benzene rings is 3. The van der Waals surface area contributed by atoms with Gasteiger partial charge >= 0.3 is 12.3 Å². The van der Waals surface area contributed by atoms with E-state index in [2.05, 4.69) is 5.10 Å². The molecule has 0 saturated carbocycles. The highest BCUT2D eigenvalue weighted by molar-refractivity contribution is 7.18. The minimum absolute atomic E-state index is 0.250. The van der Waals surface area contributed by atoms with Crippen molar-refractivity contribution in [1.82, 2.24) is 14.8 Å². The first kappa shape index (κ1) is 34.2. The Morgan fingerprint density at radius 3 is 2.17 bits per heavy atom. The molecule has 46 heavy (non-hydrogen) atoms. The molecule has 0 atom stereocenters. The second kappa shape index (κ2) is 16.1. The number of ether oxygens (including phenoxy) is 3. The van der Waals surface area contributed by atoms with Crippen molar-refractivity contribution in [2.24, 2.45) is 0 Å². The number of halogens is 4. The second-order valence-corrected chi connectivity index (χ2v) is 10.6. The Bertz CT molecular complexity index is 1750. The fourth-order valence-corrected chi connectivity index (χ4v) is 5.42. The molecule has 0 aliphatic heterocycles. The molecule has 0 fully saturated rings. The van der Waals surface area contributed by atoms with Crippen molar-refractivity contribution in [2.45, 2.75) is 20.0 Å². The van der Waals surface area contributed by atoms with Crippen molar-refractivity contribution in [3.63, 3.8) is 0 Å². The van der Waals surface area contributed by atoms with Gasteiger partial charge in [-0.05, 0) is 73.5 Å². The normalized spacial score (nSPS) is 11.1. The van der Waals surface area contributed by atoms with Crippen LogP contribution in [0.1, 0.15) is 18.2 Å². The van der Waals surface area contributed by atoms with Crippen LogP contribution in [0.2, 0.25) is 0 Å². The Balaban J connectivity index is 0.00000154. The number of hydrogen-bond donors (Lipinski definition) is 0. The average Bonchev–Trinajstić information content (AvgIpc) is 3.65. The third kappa shape index (κ3) is 8.95. The molecule has 3 aromatic carbocycles. The van der Waals surface area contributed by atoms with Gasteiger partial charge in [0.25, 0.3) is 0 Å². The Hall–Kier alpha value is -4.68. The van der Waals surface area contributed by atoms with Gasteiger partial charge in [0.2, 0.25) is 5.13 Å². The zero-order valence-corrected chi connectivity index (χ0v) is 25.7. The third-order valence-electron chi connectivity index (χ3n) is 6.52. The van der Waals surface area contributed by atoms with E-state index in [1.807, 2.05) is 38.1 Å². The highest BCUT2D eigenvalue weighted by Crippen LogP contribution is 2.40. The number of hydrogen-bond acceptors (Lipinski definition) is 8. The molecule has 8 nitrogen and oxygen atoms in total. The van der Waals surface area contributed by atoms with Crippen LogP contribution in [0.5, 0.6) is 5.75 Å². The average molecular weight is 656 g/mol. The predicted molar refractivity (Wildman–Crippen MR) is 163 cm³/mol. The van der Waals surface area contributed by atoms with Crippen LogP contribution in [0.3, 0.4) is 0 Å². The van der Waals surface area contributed by atoms with E-state index in [0.717, 1.165) is 28.1 Å². The molecule has 0 N–H and O–H groups in total. The van der Waals surface area contributed by atoms with E-state index in [1.165, 1.54) is 35.6 Å². The number of aromatic nitrogens is 3. The Kier molecular flexibility index (Phi) is 11.9. The summed E-state index contributed by atoms with van der Waals surface area (Å²) < 4.78 is 71.7. The van der Waals surface area contributed by atoms with Gasteiger partial charge in [0.05, 0.1) is 41.6 Å². The van der Waals surface area contributed by atoms with E-state index < -0.39 is 11.7 Å². The number of alkyl halides is 3. The van der Waals surface area contributed by atoms with Gasteiger partial charge in [-0.25, -0.2) is 14.1 Å². The molecular weight excluding hydrogens is 626 g/mol. The largest absolute Gasteiger partial charge is 0.491 e. The fraction of sp³-hybridized carbons (Fsp3) is 0.242. The van der Waals surface area contributed by atoms with Crippen LogP contribution < -0.4 is 4.74 Å². The van der Waals surface area contributed by atoms with Crippen LogP contribution in [0.15, 0.2) is 79.0 Å². The van der Waals surface area contributed by atoms with Crippen molar-refractivity contribution in [2.75, 3.05) is 33.0 Å². The minimum Gasteiger partial charge on any atom is -0.491 e. The summed E-state index contributed by atoms with van der Waals surface area (Å²) in [6, 6.07) is 18.6. The summed E-state index contributed by atoms with van der Waals surface area (Å²) in [5.41, 5.74) is 3.23. The maximum Gasteiger partial charge on any atom is 0.416 e. The van der Waals surface area contributed by atoms with Crippen LogP contribution in [-0.2, 0) is 25.2 Å². The lowest BCUT2D eigenvalue weighted by Crippen LogP contribution is -2.10. The van der Waals surface area contributed by atoms with Gasteiger partial charge in [-0.3, -0.25) is 0 Å². The van der Waals surface area contributed by atoms with Crippen molar-refractivity contribution < 1.29 is 41.4 Å². The zero-order chi connectivity index (χ0) is 33.1. The predicted octanol–water partition coefficient (Wildman–Crippen LogP) is 7.64. The van der Waals surface area contributed by atoms with E-state index in [9.17, 15) is 17.6 Å². The monoisotopic (exact) mass is 655 g/mol. The maximum atomic E-state index is 13.9. The van der Waals surface area contributed by atoms with Crippen molar-refractivity contribution in [3.8, 4) is 43.7 Å². The number of thiazole rings is 1. The van der Waals surface area contributed by atoms with Crippen molar-refractivity contribution in [3.05, 3.63) is 96.1 Å². The van der Waals surface area contributed by atoms with Gasteiger partial charge in [-0.15, -0.1) is 0 Å². The van der Waals surface area contributed by atoms with Crippen molar-refractivity contribution >= 4 is 17.5 Å². The molecule has 0 amide bonds. The highest BCUT2D eigenvalue weighted by atomic mass is 32.1. The first-order valence-corrected chi connectivity index (χ1v) is 14.8. The van der Waals surface area contributed by atoms with Crippen LogP contribution >= 0.6 is 11.3 Å². The van der Waals surface area contributed by atoms with Gasteiger partial charge in [0.1, 0.15) is 18.2 Å². The number of nitrogens with zero attached hydrogens (tertiary/aromatic N) is 3. The smallest absolute Gasteiger partial charge is 0.416 e. The summed E-state index contributed by atoms with van der Waals surface area (Å²) in [5, 5.41) is 5.12. The first-order chi connectivity index (χ1) is 22.1. The minimum atomic E-state index is -4.45. The number of aryl methyl sites for hydroxylation is 1. The molecule has 0 spiro atoms. The summed E-state index contributed by atoms with van der Waals surface area (Å²) in [4.78, 5) is 21.8. The molecule has 240 valence electrons. The van der Waals surface area contributed by atoms with Gasteiger partial charge in [-0.2, -0.15) is 27.9 Å². The topological polar surface area (TPSA) is 92.5 Å². The zero-order valence-electron chi connectivity index (χ0n) is 24.8. The summed E-state index contributed by atoms with van der Waals surface area (Å²) in [6.45, 7) is 6.22. The Morgan fingerprint density at radius 2 is 1.52 bits per heavy atom. The molecule has 0 saturated heterocycles. The van der Waals surface area contributed by atoms with E-state index >= 15 is 0 Å². The lowest BCUT2D eigenvalue weighted by atomic mass is 10.0. The lowest BCUT2D eigenvalue weighted by Gasteiger charge is -2.09. The molecule has 0 unspecified atom stereocenters. The molecule has 2 heterocycles. The Labute approximate surface area is 266 Å². The fourth-order valence-electron chi connectivity index (χ4n) is 4.40. The molecule has 0 bridgehead atoms. The SMILES string of the molecule is CCOCCOCCOc1ccc(-c2sc(-n3cc(-c4cccc(F)c4)c(C)n3)nc2-c2ccc(C(F)(F)F)cc2)cc1.O=C=O. The molecule has 5 rings (SSSR count). The van der Waals surface area contributed by atoms with E-state index in [1.54, 1.807) is 23.0 Å². The molecular formula is C33H29F4N3O5S. The van der Waals surface area contributed by atoms with Crippen LogP contribution in [0, 0.1) is 12.7 Å². The molecule has 2 aromatic heterocycles. The van der Waals surface area contributed by atoms with Crippen LogP contribution in [-0.4, -0.2) is 54.0 Å². The lowest BCUT2D eigenvalue weighted by molar-refractivity contribution is -0.191. The van der Waals surface area contributed by atoms with Crippen LogP contribution in [0.25, 0.3) is 38.0 Å². The van der Waals surface area contributed by atoms with Gasteiger partial charge in [-0.1, -0.05) is 35.6 Å². The van der Waals surface area contributed by atoms with E-state index in [-0.39, 0.29) is 12.0 Å². The van der Waals surface area contributed by atoms with E-state index in [4.69, 9.17) is 28.8 Å². The highest BCUT2D eigenvalue weighted by Gasteiger charge is 2.30. The second-order valence-electron chi connectivity index (χ2n) is 9.60. The van der Waals surface area contributed by atoms with E-state index in [0.29, 0.717) is 66.4 Å². The van der Waals surface area contributed by atoms with Gasteiger partial charge in [0, 0.05) is 23.9 Å².